The fourth-order valence-corrected chi connectivity index (χ4v) is 4.18. The van der Waals surface area contributed by atoms with Crippen LogP contribution in [-0.2, 0) is 18.9 Å². The minimum Gasteiger partial charge on any atom is -0.381 e. The molecule has 6 atom stereocenters. The average molecular weight is 310 g/mol. The molecule has 126 valence electrons. The van der Waals surface area contributed by atoms with Crippen molar-refractivity contribution >= 4 is 0 Å². The van der Waals surface area contributed by atoms with Crippen molar-refractivity contribution in [3.63, 3.8) is 0 Å². The summed E-state index contributed by atoms with van der Waals surface area (Å²) in [5.41, 5.74) is 0. The van der Waals surface area contributed by atoms with Crippen molar-refractivity contribution in [1.29, 1.82) is 0 Å². The largest absolute Gasteiger partial charge is 0.381 e. The summed E-state index contributed by atoms with van der Waals surface area (Å²) < 4.78 is 22.8. The van der Waals surface area contributed by atoms with E-state index >= 15 is 0 Å². The molecule has 0 aromatic rings. The lowest BCUT2D eigenvalue weighted by atomic mass is 9.90. The Hall–Kier alpha value is -0.160. The fourth-order valence-electron chi connectivity index (χ4n) is 4.18. The second-order valence-corrected chi connectivity index (χ2v) is 7.64. The maximum atomic E-state index is 5.83. The van der Waals surface area contributed by atoms with E-state index in [2.05, 4.69) is 0 Å². The number of epoxide rings is 2. The maximum Gasteiger partial charge on any atom is 0.0845 e. The van der Waals surface area contributed by atoms with Gasteiger partial charge in [0.2, 0.25) is 0 Å². The van der Waals surface area contributed by atoms with Crippen molar-refractivity contribution in [3.05, 3.63) is 0 Å². The number of ether oxygens (including phenoxy) is 4. The summed E-state index contributed by atoms with van der Waals surface area (Å²) in [6, 6.07) is 0. The molecule has 0 spiro atoms. The first kappa shape index (κ1) is 15.4. The van der Waals surface area contributed by atoms with E-state index in [1.54, 1.807) is 0 Å². The molecule has 4 aliphatic rings. The fraction of sp³-hybridized carbons (Fsp3) is 1.00. The first-order chi connectivity index (χ1) is 10.9. The second kappa shape index (κ2) is 7.16. The molecule has 2 aliphatic carbocycles. The standard InChI is InChI=1S/C18H30O4/c1(7-19-11-13-3-5-15-17(9-13)21-15)2-8-20-12-14-4-6-16-18(10-14)22-16/h13-18H,1-12H2. The second-order valence-electron chi connectivity index (χ2n) is 7.64. The van der Waals surface area contributed by atoms with Gasteiger partial charge in [0.05, 0.1) is 24.4 Å². The zero-order valence-electron chi connectivity index (χ0n) is 13.6. The predicted molar refractivity (Wildman–Crippen MR) is 82.9 cm³/mol. The van der Waals surface area contributed by atoms with Gasteiger partial charge in [0.15, 0.2) is 0 Å². The Morgan fingerprint density at radius 3 is 1.59 bits per heavy atom. The summed E-state index contributed by atoms with van der Waals surface area (Å²) >= 11 is 0. The SMILES string of the molecule is C(CCOCC1CCC2OC2C1)COCC1CCC2OC2C1. The summed E-state index contributed by atoms with van der Waals surface area (Å²) in [6.45, 7) is 3.63. The van der Waals surface area contributed by atoms with Crippen molar-refractivity contribution in [3.8, 4) is 0 Å². The lowest BCUT2D eigenvalue weighted by Crippen LogP contribution is -2.19. The van der Waals surface area contributed by atoms with Crippen LogP contribution in [0.3, 0.4) is 0 Å². The first-order valence-corrected chi connectivity index (χ1v) is 9.35. The molecule has 4 rings (SSSR count). The monoisotopic (exact) mass is 310 g/mol. The van der Waals surface area contributed by atoms with Gasteiger partial charge in [-0.15, -0.1) is 0 Å². The van der Waals surface area contributed by atoms with Gasteiger partial charge in [-0.2, -0.15) is 0 Å². The molecule has 4 heteroatoms. The van der Waals surface area contributed by atoms with Crippen molar-refractivity contribution in [2.75, 3.05) is 26.4 Å². The Kier molecular flexibility index (Phi) is 5.01. The van der Waals surface area contributed by atoms with E-state index in [1.165, 1.54) is 38.5 Å². The zero-order valence-corrected chi connectivity index (χ0v) is 13.6. The molecule has 0 N–H and O–H groups in total. The van der Waals surface area contributed by atoms with E-state index in [1.807, 2.05) is 0 Å². The van der Waals surface area contributed by atoms with E-state index in [9.17, 15) is 0 Å². The van der Waals surface area contributed by atoms with Gasteiger partial charge < -0.3 is 18.9 Å². The third kappa shape index (κ3) is 4.22. The van der Waals surface area contributed by atoms with Gasteiger partial charge >= 0.3 is 0 Å². The molecular formula is C18H30O4. The number of hydrogen-bond donors (Lipinski definition) is 0. The lowest BCUT2D eigenvalue weighted by Gasteiger charge is -2.19. The Bertz CT molecular complexity index is 327. The van der Waals surface area contributed by atoms with Crippen LogP contribution in [0.1, 0.15) is 51.4 Å². The third-order valence-electron chi connectivity index (χ3n) is 5.76. The summed E-state index contributed by atoms with van der Waals surface area (Å²) in [4.78, 5) is 0. The quantitative estimate of drug-likeness (QED) is 0.485. The average Bonchev–Trinajstić information content (AvgIpc) is 3.43. The number of rotatable bonds is 9. The van der Waals surface area contributed by atoms with Crippen molar-refractivity contribution < 1.29 is 18.9 Å². The molecule has 0 radical (unpaired) electrons. The summed E-state index contributed by atoms with van der Waals surface area (Å²) in [7, 11) is 0. The molecule has 2 saturated carbocycles. The van der Waals surface area contributed by atoms with Gasteiger partial charge in [-0.05, 0) is 63.2 Å². The molecule has 4 nitrogen and oxygen atoms in total. The van der Waals surface area contributed by atoms with Crippen molar-refractivity contribution in [1.82, 2.24) is 0 Å². The van der Waals surface area contributed by atoms with E-state index in [0.717, 1.165) is 51.1 Å². The molecule has 6 unspecified atom stereocenters. The number of unbranched alkanes of at least 4 members (excludes halogenated alkanes) is 1. The van der Waals surface area contributed by atoms with Crippen LogP contribution in [0.4, 0.5) is 0 Å². The van der Waals surface area contributed by atoms with Gasteiger partial charge in [0, 0.05) is 26.4 Å². The molecule has 0 bridgehead atoms. The summed E-state index contributed by atoms with van der Waals surface area (Å²) in [5.74, 6) is 1.47. The van der Waals surface area contributed by atoms with E-state index in [4.69, 9.17) is 18.9 Å². The zero-order chi connectivity index (χ0) is 14.8. The number of hydrogen-bond acceptors (Lipinski definition) is 4. The van der Waals surface area contributed by atoms with Gasteiger partial charge in [0.1, 0.15) is 0 Å². The lowest BCUT2D eigenvalue weighted by molar-refractivity contribution is 0.0639. The topological polar surface area (TPSA) is 43.5 Å². The normalized spacial score (nSPS) is 42.5. The third-order valence-corrected chi connectivity index (χ3v) is 5.76. The summed E-state index contributed by atoms with van der Waals surface area (Å²) in [5, 5.41) is 0. The Balaban J connectivity index is 0.953. The van der Waals surface area contributed by atoms with Crippen LogP contribution in [0.25, 0.3) is 0 Å². The molecular weight excluding hydrogens is 280 g/mol. The van der Waals surface area contributed by atoms with E-state index < -0.39 is 0 Å². The van der Waals surface area contributed by atoms with Gasteiger partial charge in [-0.3, -0.25) is 0 Å². The molecule has 2 heterocycles. The molecule has 0 amide bonds. The smallest absolute Gasteiger partial charge is 0.0845 e. The minimum atomic E-state index is 0.576. The van der Waals surface area contributed by atoms with Crippen molar-refractivity contribution in [2.45, 2.75) is 75.8 Å². The Labute approximate surface area is 133 Å². The highest BCUT2D eigenvalue weighted by atomic mass is 16.6. The van der Waals surface area contributed by atoms with Crippen molar-refractivity contribution in [2.24, 2.45) is 11.8 Å². The van der Waals surface area contributed by atoms with Crippen LogP contribution >= 0.6 is 0 Å². The highest BCUT2D eigenvalue weighted by molar-refractivity contribution is 4.92. The van der Waals surface area contributed by atoms with E-state index in [0.29, 0.717) is 24.4 Å². The highest BCUT2D eigenvalue weighted by Gasteiger charge is 2.44. The molecule has 2 saturated heterocycles. The predicted octanol–water partition coefficient (Wildman–Crippen LogP) is 2.93. The van der Waals surface area contributed by atoms with Crippen LogP contribution in [0.5, 0.6) is 0 Å². The molecule has 0 aromatic heterocycles. The molecule has 22 heavy (non-hydrogen) atoms. The Morgan fingerprint density at radius 1 is 0.636 bits per heavy atom. The minimum absolute atomic E-state index is 0.576. The highest BCUT2D eigenvalue weighted by Crippen LogP contribution is 2.40. The van der Waals surface area contributed by atoms with Gasteiger partial charge in [0.25, 0.3) is 0 Å². The van der Waals surface area contributed by atoms with Crippen LogP contribution < -0.4 is 0 Å². The van der Waals surface area contributed by atoms with Crippen LogP contribution in [0.15, 0.2) is 0 Å². The van der Waals surface area contributed by atoms with Crippen LogP contribution in [0, 0.1) is 11.8 Å². The maximum absolute atomic E-state index is 5.83. The molecule has 2 aliphatic heterocycles. The van der Waals surface area contributed by atoms with Crippen LogP contribution in [0.2, 0.25) is 0 Å². The first-order valence-electron chi connectivity index (χ1n) is 9.35. The number of fused-ring (bicyclic) bond motifs is 2. The summed E-state index contributed by atoms with van der Waals surface area (Å²) in [6.07, 6.45) is 12.1. The van der Waals surface area contributed by atoms with Gasteiger partial charge in [-0.1, -0.05) is 0 Å². The van der Waals surface area contributed by atoms with Crippen LogP contribution in [-0.4, -0.2) is 50.8 Å². The van der Waals surface area contributed by atoms with Gasteiger partial charge in [-0.25, -0.2) is 0 Å². The Morgan fingerprint density at radius 2 is 1.14 bits per heavy atom. The molecule has 4 fully saturated rings. The molecule has 0 aromatic carbocycles. The van der Waals surface area contributed by atoms with E-state index in [-0.39, 0.29) is 0 Å².